The number of rotatable bonds is 5. The number of anilines is 1. The Labute approximate surface area is 107 Å². The molecule has 1 amide bonds. The average molecular weight is 254 g/mol. The third-order valence-corrected chi connectivity index (χ3v) is 2.31. The normalized spacial score (nSPS) is 12.1. The molecule has 2 N–H and O–H groups in total. The van der Waals surface area contributed by atoms with Gasteiger partial charge in [0.05, 0.1) is 7.11 Å². The summed E-state index contributed by atoms with van der Waals surface area (Å²) in [6.07, 6.45) is 0. The molecule has 0 heterocycles. The Morgan fingerprint density at radius 1 is 1.28 bits per heavy atom. The molecule has 0 aliphatic heterocycles. The monoisotopic (exact) mass is 254 g/mol. The first-order valence-electron chi connectivity index (χ1n) is 5.84. The van der Waals surface area contributed by atoms with Gasteiger partial charge in [0, 0.05) is 23.9 Å². The highest BCUT2D eigenvalue weighted by Crippen LogP contribution is 2.20. The van der Waals surface area contributed by atoms with Crippen LogP contribution in [0.15, 0.2) is 18.2 Å². The highest BCUT2D eigenvalue weighted by atomic mass is 19.1. The lowest BCUT2D eigenvalue weighted by Crippen LogP contribution is -2.40. The van der Waals surface area contributed by atoms with E-state index in [-0.39, 0.29) is 11.9 Å². The minimum Gasteiger partial charge on any atom is -0.497 e. The van der Waals surface area contributed by atoms with Crippen molar-refractivity contribution in [3.05, 3.63) is 24.0 Å². The van der Waals surface area contributed by atoms with Gasteiger partial charge in [-0.05, 0) is 26.8 Å². The molecule has 100 valence electrons. The van der Waals surface area contributed by atoms with E-state index in [1.54, 1.807) is 13.0 Å². The van der Waals surface area contributed by atoms with Crippen molar-refractivity contribution in [2.75, 3.05) is 12.4 Å². The SMILES string of the molecule is COc1cc(F)cc(NC(C)C(=O)NC(C)C)c1. The molecule has 0 aliphatic rings. The number of methoxy groups -OCH3 is 1. The smallest absolute Gasteiger partial charge is 0.242 e. The fraction of sp³-hybridized carbons (Fsp3) is 0.462. The molecular formula is C13H19FN2O2. The Hall–Kier alpha value is -1.78. The Morgan fingerprint density at radius 3 is 2.50 bits per heavy atom. The van der Waals surface area contributed by atoms with Crippen molar-refractivity contribution in [3.8, 4) is 5.75 Å². The van der Waals surface area contributed by atoms with Crippen molar-refractivity contribution in [1.29, 1.82) is 0 Å². The quantitative estimate of drug-likeness (QED) is 0.846. The predicted molar refractivity (Wildman–Crippen MR) is 69.3 cm³/mol. The summed E-state index contributed by atoms with van der Waals surface area (Å²) in [6.45, 7) is 5.49. The van der Waals surface area contributed by atoms with Gasteiger partial charge < -0.3 is 15.4 Å². The van der Waals surface area contributed by atoms with E-state index >= 15 is 0 Å². The van der Waals surface area contributed by atoms with Crippen LogP contribution in [-0.2, 0) is 4.79 Å². The van der Waals surface area contributed by atoms with Gasteiger partial charge in [0.25, 0.3) is 0 Å². The van der Waals surface area contributed by atoms with E-state index < -0.39 is 11.9 Å². The molecule has 1 aromatic carbocycles. The summed E-state index contributed by atoms with van der Waals surface area (Å²) in [4.78, 5) is 11.7. The van der Waals surface area contributed by atoms with Gasteiger partial charge in [-0.1, -0.05) is 0 Å². The molecule has 0 bridgehead atoms. The second kappa shape index (κ2) is 6.23. The van der Waals surface area contributed by atoms with Gasteiger partial charge in [-0.3, -0.25) is 4.79 Å². The Kier molecular flexibility index (Phi) is 4.95. The molecule has 1 rings (SSSR count). The van der Waals surface area contributed by atoms with Crippen molar-refractivity contribution in [2.24, 2.45) is 0 Å². The lowest BCUT2D eigenvalue weighted by molar-refractivity contribution is -0.122. The Bertz CT molecular complexity index is 421. The molecular weight excluding hydrogens is 235 g/mol. The van der Waals surface area contributed by atoms with Crippen LogP contribution in [0.5, 0.6) is 5.75 Å². The third-order valence-electron chi connectivity index (χ3n) is 2.31. The number of halogens is 1. The van der Waals surface area contributed by atoms with Crippen LogP contribution in [-0.4, -0.2) is 25.1 Å². The molecule has 0 aromatic heterocycles. The molecule has 18 heavy (non-hydrogen) atoms. The number of ether oxygens (including phenoxy) is 1. The van der Waals surface area contributed by atoms with E-state index in [1.165, 1.54) is 19.2 Å². The van der Waals surface area contributed by atoms with E-state index in [0.29, 0.717) is 11.4 Å². The lowest BCUT2D eigenvalue weighted by Gasteiger charge is -2.17. The maximum atomic E-state index is 13.3. The summed E-state index contributed by atoms with van der Waals surface area (Å²) in [6, 6.07) is 3.87. The molecule has 1 unspecified atom stereocenters. The van der Waals surface area contributed by atoms with Gasteiger partial charge in [-0.15, -0.1) is 0 Å². The summed E-state index contributed by atoms with van der Waals surface area (Å²) < 4.78 is 18.2. The Balaban J connectivity index is 2.72. The molecule has 0 aliphatic carbocycles. The van der Waals surface area contributed by atoms with Crippen LogP contribution in [0, 0.1) is 5.82 Å². The first-order valence-corrected chi connectivity index (χ1v) is 5.84. The molecule has 0 fully saturated rings. The van der Waals surface area contributed by atoms with Crippen LogP contribution in [0.4, 0.5) is 10.1 Å². The molecule has 1 atom stereocenters. The fourth-order valence-corrected chi connectivity index (χ4v) is 1.49. The molecule has 0 saturated heterocycles. The largest absolute Gasteiger partial charge is 0.497 e. The van der Waals surface area contributed by atoms with Crippen LogP contribution < -0.4 is 15.4 Å². The molecule has 0 spiro atoms. The molecule has 5 heteroatoms. The summed E-state index contributed by atoms with van der Waals surface area (Å²) in [5, 5.41) is 5.71. The molecule has 1 aromatic rings. The molecule has 0 radical (unpaired) electrons. The molecule has 0 saturated carbocycles. The number of hydrogen-bond acceptors (Lipinski definition) is 3. The minimum atomic E-state index is -0.445. The van der Waals surface area contributed by atoms with E-state index in [0.717, 1.165) is 0 Å². The first-order chi connectivity index (χ1) is 8.42. The zero-order chi connectivity index (χ0) is 13.7. The standard InChI is InChI=1S/C13H19FN2O2/c1-8(2)15-13(17)9(3)16-11-5-10(14)6-12(7-11)18-4/h5-9,16H,1-4H3,(H,15,17). The zero-order valence-corrected chi connectivity index (χ0v) is 11.1. The van der Waals surface area contributed by atoms with Crippen LogP contribution in [0.2, 0.25) is 0 Å². The van der Waals surface area contributed by atoms with E-state index in [4.69, 9.17) is 4.74 Å². The summed E-state index contributed by atoms with van der Waals surface area (Å²) in [5.74, 6) is -0.129. The topological polar surface area (TPSA) is 50.4 Å². The summed E-state index contributed by atoms with van der Waals surface area (Å²) in [5.41, 5.74) is 0.512. The van der Waals surface area contributed by atoms with E-state index in [1.807, 2.05) is 13.8 Å². The van der Waals surface area contributed by atoms with Crippen LogP contribution in [0.25, 0.3) is 0 Å². The van der Waals surface area contributed by atoms with Gasteiger partial charge in [0.1, 0.15) is 17.6 Å². The maximum absolute atomic E-state index is 13.3. The van der Waals surface area contributed by atoms with Gasteiger partial charge in [0.2, 0.25) is 5.91 Å². The van der Waals surface area contributed by atoms with Crippen molar-refractivity contribution >= 4 is 11.6 Å². The number of carbonyl (C=O) groups excluding carboxylic acids is 1. The second-order valence-corrected chi connectivity index (χ2v) is 4.41. The van der Waals surface area contributed by atoms with Crippen molar-refractivity contribution < 1.29 is 13.9 Å². The number of benzene rings is 1. The minimum absolute atomic E-state index is 0.0730. The number of carbonyl (C=O) groups is 1. The van der Waals surface area contributed by atoms with E-state index in [9.17, 15) is 9.18 Å². The number of amides is 1. The number of nitrogens with one attached hydrogen (secondary N) is 2. The van der Waals surface area contributed by atoms with Crippen LogP contribution in [0.1, 0.15) is 20.8 Å². The highest BCUT2D eigenvalue weighted by molar-refractivity contribution is 5.84. The number of hydrogen-bond donors (Lipinski definition) is 2. The van der Waals surface area contributed by atoms with Crippen LogP contribution in [0.3, 0.4) is 0 Å². The molecule has 4 nitrogen and oxygen atoms in total. The summed E-state index contributed by atoms with van der Waals surface area (Å²) >= 11 is 0. The third kappa shape index (κ3) is 4.24. The van der Waals surface area contributed by atoms with Gasteiger partial charge in [-0.25, -0.2) is 4.39 Å². The van der Waals surface area contributed by atoms with Crippen molar-refractivity contribution in [2.45, 2.75) is 32.9 Å². The van der Waals surface area contributed by atoms with E-state index in [2.05, 4.69) is 10.6 Å². The van der Waals surface area contributed by atoms with Crippen molar-refractivity contribution in [3.63, 3.8) is 0 Å². The second-order valence-electron chi connectivity index (χ2n) is 4.41. The Morgan fingerprint density at radius 2 is 1.94 bits per heavy atom. The maximum Gasteiger partial charge on any atom is 0.242 e. The fourth-order valence-electron chi connectivity index (χ4n) is 1.49. The first kappa shape index (κ1) is 14.3. The van der Waals surface area contributed by atoms with Gasteiger partial charge in [-0.2, -0.15) is 0 Å². The van der Waals surface area contributed by atoms with Crippen LogP contribution >= 0.6 is 0 Å². The average Bonchev–Trinajstić information content (AvgIpc) is 2.27. The highest BCUT2D eigenvalue weighted by Gasteiger charge is 2.14. The zero-order valence-electron chi connectivity index (χ0n) is 11.1. The lowest BCUT2D eigenvalue weighted by atomic mass is 10.2. The predicted octanol–water partition coefficient (Wildman–Crippen LogP) is 2.16. The van der Waals surface area contributed by atoms with Gasteiger partial charge in [0.15, 0.2) is 0 Å². The van der Waals surface area contributed by atoms with Gasteiger partial charge >= 0.3 is 0 Å². The van der Waals surface area contributed by atoms with Crippen molar-refractivity contribution in [1.82, 2.24) is 5.32 Å². The summed E-state index contributed by atoms with van der Waals surface area (Å²) in [7, 11) is 1.47.